The SMILES string of the molecule is C=CCC(C)NS(=O)(=O)c1ccc(CCC(=O)O)cc1. The van der Waals surface area contributed by atoms with Gasteiger partial charge in [-0.1, -0.05) is 18.2 Å². The predicted molar refractivity (Wildman–Crippen MR) is 77.0 cm³/mol. The highest BCUT2D eigenvalue weighted by atomic mass is 32.2. The average molecular weight is 297 g/mol. The summed E-state index contributed by atoms with van der Waals surface area (Å²) in [7, 11) is -3.54. The van der Waals surface area contributed by atoms with E-state index in [1.165, 1.54) is 12.1 Å². The number of sulfonamides is 1. The van der Waals surface area contributed by atoms with Crippen LogP contribution in [0, 0.1) is 0 Å². The van der Waals surface area contributed by atoms with Gasteiger partial charge in [0.25, 0.3) is 0 Å². The minimum atomic E-state index is -3.54. The van der Waals surface area contributed by atoms with Gasteiger partial charge < -0.3 is 5.11 Å². The molecule has 0 amide bonds. The Kier molecular flexibility index (Phi) is 5.91. The number of carboxylic acid groups (broad SMARTS) is 1. The van der Waals surface area contributed by atoms with E-state index < -0.39 is 16.0 Å². The molecule has 1 rings (SSSR count). The fraction of sp³-hybridized carbons (Fsp3) is 0.357. The Morgan fingerprint density at radius 3 is 2.50 bits per heavy atom. The van der Waals surface area contributed by atoms with E-state index >= 15 is 0 Å². The summed E-state index contributed by atoms with van der Waals surface area (Å²) in [4.78, 5) is 10.6. The van der Waals surface area contributed by atoms with Gasteiger partial charge in [-0.05, 0) is 37.5 Å². The molecule has 1 aromatic rings. The van der Waals surface area contributed by atoms with E-state index in [1.54, 1.807) is 25.1 Å². The molecule has 1 unspecified atom stereocenters. The minimum absolute atomic E-state index is 0.0285. The number of carbonyl (C=O) groups is 1. The number of rotatable bonds is 8. The van der Waals surface area contributed by atoms with Crippen LogP contribution < -0.4 is 4.72 Å². The first kappa shape index (κ1) is 16.4. The van der Waals surface area contributed by atoms with Gasteiger partial charge in [0, 0.05) is 12.5 Å². The van der Waals surface area contributed by atoms with Gasteiger partial charge >= 0.3 is 5.97 Å². The molecule has 6 heteroatoms. The smallest absolute Gasteiger partial charge is 0.303 e. The molecule has 0 saturated carbocycles. The normalized spacial score (nSPS) is 12.8. The third-order valence-corrected chi connectivity index (χ3v) is 4.34. The number of hydrogen-bond acceptors (Lipinski definition) is 3. The minimum Gasteiger partial charge on any atom is -0.481 e. The van der Waals surface area contributed by atoms with Crippen molar-refractivity contribution in [1.82, 2.24) is 4.72 Å². The molecule has 0 saturated heterocycles. The van der Waals surface area contributed by atoms with Gasteiger partial charge in [-0.2, -0.15) is 0 Å². The molecule has 110 valence electrons. The van der Waals surface area contributed by atoms with Gasteiger partial charge in [0.1, 0.15) is 0 Å². The Balaban J connectivity index is 2.76. The van der Waals surface area contributed by atoms with Crippen molar-refractivity contribution in [2.24, 2.45) is 0 Å². The van der Waals surface area contributed by atoms with E-state index in [0.29, 0.717) is 12.8 Å². The predicted octanol–water partition coefficient (Wildman–Crippen LogP) is 1.95. The van der Waals surface area contributed by atoms with Crippen LogP contribution in [0.15, 0.2) is 41.8 Å². The average Bonchev–Trinajstić information content (AvgIpc) is 2.36. The molecule has 5 nitrogen and oxygen atoms in total. The Hall–Kier alpha value is -1.66. The maximum absolute atomic E-state index is 12.1. The van der Waals surface area contributed by atoms with Crippen molar-refractivity contribution in [2.75, 3.05) is 0 Å². The van der Waals surface area contributed by atoms with Crippen molar-refractivity contribution >= 4 is 16.0 Å². The van der Waals surface area contributed by atoms with E-state index in [4.69, 9.17) is 5.11 Å². The van der Waals surface area contributed by atoms with Crippen LogP contribution in [-0.4, -0.2) is 25.5 Å². The summed E-state index contributed by atoms with van der Waals surface area (Å²) in [5.74, 6) is -0.874. The van der Waals surface area contributed by atoms with Gasteiger partial charge in [0.05, 0.1) is 4.90 Å². The number of aliphatic carboxylic acids is 1. The topological polar surface area (TPSA) is 83.5 Å². The molecule has 1 atom stereocenters. The molecule has 0 spiro atoms. The van der Waals surface area contributed by atoms with E-state index in [9.17, 15) is 13.2 Å². The van der Waals surface area contributed by atoms with Gasteiger partial charge in [-0.25, -0.2) is 13.1 Å². The molecule has 0 heterocycles. The number of nitrogens with one attached hydrogen (secondary N) is 1. The van der Waals surface area contributed by atoms with Gasteiger partial charge in [-0.3, -0.25) is 4.79 Å². The zero-order valence-electron chi connectivity index (χ0n) is 11.4. The highest BCUT2D eigenvalue weighted by Gasteiger charge is 2.16. The summed E-state index contributed by atoms with van der Waals surface area (Å²) in [5, 5.41) is 8.59. The van der Waals surface area contributed by atoms with Crippen LogP contribution in [-0.2, 0) is 21.2 Å². The standard InChI is InChI=1S/C14H19NO4S/c1-3-4-11(2)15-20(18,19)13-8-5-12(6-9-13)7-10-14(16)17/h3,5-6,8-9,11,15H,1,4,7,10H2,2H3,(H,16,17). The zero-order chi connectivity index (χ0) is 15.2. The lowest BCUT2D eigenvalue weighted by molar-refractivity contribution is -0.136. The first-order valence-corrected chi connectivity index (χ1v) is 7.77. The van der Waals surface area contributed by atoms with Crippen molar-refractivity contribution in [1.29, 1.82) is 0 Å². The summed E-state index contributed by atoms with van der Waals surface area (Å²) >= 11 is 0. The molecule has 20 heavy (non-hydrogen) atoms. The van der Waals surface area contributed by atoms with Crippen LogP contribution >= 0.6 is 0 Å². The third-order valence-electron chi connectivity index (χ3n) is 2.74. The second-order valence-electron chi connectivity index (χ2n) is 4.58. The van der Waals surface area contributed by atoms with Gasteiger partial charge in [0.2, 0.25) is 10.0 Å². The summed E-state index contributed by atoms with van der Waals surface area (Å²) in [5.41, 5.74) is 0.797. The Morgan fingerprint density at radius 2 is 2.00 bits per heavy atom. The Bertz CT molecular complexity index is 563. The largest absolute Gasteiger partial charge is 0.481 e. The van der Waals surface area contributed by atoms with Gasteiger partial charge in [0.15, 0.2) is 0 Å². The quantitative estimate of drug-likeness (QED) is 0.718. The lowest BCUT2D eigenvalue weighted by Gasteiger charge is -2.12. The highest BCUT2D eigenvalue weighted by Crippen LogP contribution is 2.13. The van der Waals surface area contributed by atoms with E-state index in [2.05, 4.69) is 11.3 Å². The molecule has 0 aliphatic heterocycles. The highest BCUT2D eigenvalue weighted by molar-refractivity contribution is 7.89. The number of aryl methyl sites for hydroxylation is 1. The second kappa shape index (κ2) is 7.21. The lowest BCUT2D eigenvalue weighted by Crippen LogP contribution is -2.32. The Labute approximate surface area is 119 Å². The fourth-order valence-electron chi connectivity index (χ4n) is 1.72. The summed E-state index contributed by atoms with van der Waals surface area (Å²) in [6.07, 6.45) is 2.62. The molecule has 1 aromatic carbocycles. The number of carboxylic acids is 1. The molecule has 2 N–H and O–H groups in total. The monoisotopic (exact) mass is 297 g/mol. The zero-order valence-corrected chi connectivity index (χ0v) is 12.2. The van der Waals surface area contributed by atoms with E-state index in [1.807, 2.05) is 0 Å². The van der Waals surface area contributed by atoms with Crippen LogP contribution in [0.5, 0.6) is 0 Å². The molecule has 0 aliphatic carbocycles. The lowest BCUT2D eigenvalue weighted by atomic mass is 10.1. The van der Waals surface area contributed by atoms with Crippen molar-refractivity contribution in [2.45, 2.75) is 37.1 Å². The molecule has 0 bridgehead atoms. The summed E-state index contributed by atoms with van der Waals surface area (Å²) < 4.78 is 26.7. The number of benzene rings is 1. The third kappa shape index (κ3) is 5.14. The molecule has 0 aromatic heterocycles. The maximum Gasteiger partial charge on any atom is 0.303 e. The van der Waals surface area contributed by atoms with Crippen molar-refractivity contribution < 1.29 is 18.3 Å². The molecule has 0 aliphatic rings. The first-order valence-electron chi connectivity index (χ1n) is 6.29. The maximum atomic E-state index is 12.1. The molecular weight excluding hydrogens is 278 g/mol. The fourth-order valence-corrected chi connectivity index (χ4v) is 2.97. The summed E-state index contributed by atoms with van der Waals surface area (Å²) in [6, 6.07) is 6.02. The molecule has 0 fully saturated rings. The van der Waals surface area contributed by atoms with Crippen molar-refractivity contribution in [3.8, 4) is 0 Å². The first-order chi connectivity index (χ1) is 9.35. The second-order valence-corrected chi connectivity index (χ2v) is 6.30. The van der Waals surface area contributed by atoms with Crippen molar-refractivity contribution in [3.63, 3.8) is 0 Å². The van der Waals surface area contributed by atoms with Crippen LogP contribution in [0.3, 0.4) is 0 Å². The van der Waals surface area contributed by atoms with E-state index in [-0.39, 0.29) is 17.4 Å². The molecule has 0 radical (unpaired) electrons. The van der Waals surface area contributed by atoms with Crippen molar-refractivity contribution in [3.05, 3.63) is 42.5 Å². The van der Waals surface area contributed by atoms with Crippen LogP contribution in [0.1, 0.15) is 25.3 Å². The van der Waals surface area contributed by atoms with Crippen LogP contribution in [0.4, 0.5) is 0 Å². The summed E-state index contributed by atoms with van der Waals surface area (Å²) in [6.45, 7) is 5.33. The molecular formula is C14H19NO4S. The number of hydrogen-bond donors (Lipinski definition) is 2. The van der Waals surface area contributed by atoms with Crippen LogP contribution in [0.2, 0.25) is 0 Å². The van der Waals surface area contributed by atoms with E-state index in [0.717, 1.165) is 5.56 Å². The van der Waals surface area contributed by atoms with Gasteiger partial charge in [-0.15, -0.1) is 6.58 Å². The van der Waals surface area contributed by atoms with Crippen LogP contribution in [0.25, 0.3) is 0 Å². The Morgan fingerprint density at radius 1 is 1.40 bits per heavy atom.